The van der Waals surface area contributed by atoms with E-state index in [9.17, 15) is 8.78 Å². The van der Waals surface area contributed by atoms with Crippen molar-refractivity contribution in [1.29, 1.82) is 0 Å². The molecule has 0 unspecified atom stereocenters. The highest BCUT2D eigenvalue weighted by atomic mass is 19.1. The molecule has 4 aromatic rings. The fourth-order valence-corrected chi connectivity index (χ4v) is 5.75. The normalized spacial score (nSPS) is 19.7. The number of fused-ring (bicyclic) bond motifs is 2. The number of rotatable bonds is 6. The molecule has 2 fully saturated rings. The van der Waals surface area contributed by atoms with Gasteiger partial charge >= 0.3 is 0 Å². The Balaban J connectivity index is 1.22. The first kappa shape index (κ1) is 23.9. The Kier molecular flexibility index (Phi) is 6.08. The maximum absolute atomic E-state index is 15.0. The van der Waals surface area contributed by atoms with Gasteiger partial charge in [-0.1, -0.05) is 0 Å². The molecule has 0 bridgehead atoms. The minimum absolute atomic E-state index is 0.0843. The summed E-state index contributed by atoms with van der Waals surface area (Å²) in [5, 5.41) is 6.61. The number of aromatic nitrogens is 5. The van der Waals surface area contributed by atoms with Crippen molar-refractivity contribution in [3.63, 3.8) is 0 Å². The number of nitrogens with zero attached hydrogens (tertiary/aromatic N) is 6. The largest absolute Gasteiger partial charge is 0.326 e. The van der Waals surface area contributed by atoms with Gasteiger partial charge in [0.05, 0.1) is 11.7 Å². The van der Waals surface area contributed by atoms with Crippen molar-refractivity contribution in [1.82, 2.24) is 34.7 Å². The Morgan fingerprint density at radius 2 is 1.86 bits per heavy atom. The van der Waals surface area contributed by atoms with Gasteiger partial charge in [0, 0.05) is 55.2 Å². The molecule has 0 radical (unpaired) electrons. The Labute approximate surface area is 214 Å². The molecule has 3 aromatic heterocycles. The van der Waals surface area contributed by atoms with E-state index in [4.69, 9.17) is 0 Å². The first-order valence-corrected chi connectivity index (χ1v) is 12.7. The summed E-state index contributed by atoms with van der Waals surface area (Å²) in [6.45, 7) is 9.94. The van der Waals surface area contributed by atoms with Crippen molar-refractivity contribution in [2.45, 2.75) is 45.8 Å². The van der Waals surface area contributed by atoms with Gasteiger partial charge in [-0.05, 0) is 63.4 Å². The summed E-state index contributed by atoms with van der Waals surface area (Å²) < 4.78 is 31.8. The average Bonchev–Trinajstić information content (AvgIpc) is 3.54. The maximum atomic E-state index is 15.0. The fraction of sp³-hybridized carbons (Fsp3) is 0.407. The summed E-state index contributed by atoms with van der Waals surface area (Å²) in [7, 11) is 0. The third-order valence-corrected chi connectivity index (χ3v) is 7.40. The van der Waals surface area contributed by atoms with Crippen LogP contribution >= 0.6 is 0 Å². The Morgan fingerprint density at radius 1 is 1.05 bits per heavy atom. The summed E-state index contributed by atoms with van der Waals surface area (Å²) in [4.78, 5) is 19.8. The minimum Gasteiger partial charge on any atom is -0.326 e. The van der Waals surface area contributed by atoms with Crippen LogP contribution in [0.1, 0.15) is 37.7 Å². The third kappa shape index (κ3) is 4.55. The highest BCUT2D eigenvalue weighted by Gasteiger charge is 2.35. The summed E-state index contributed by atoms with van der Waals surface area (Å²) in [5.41, 5.74) is 2.60. The number of pyridine rings is 1. The maximum Gasteiger partial charge on any atom is 0.228 e. The fourth-order valence-electron chi connectivity index (χ4n) is 5.75. The number of benzene rings is 1. The zero-order valence-electron chi connectivity index (χ0n) is 21.2. The predicted molar refractivity (Wildman–Crippen MR) is 138 cm³/mol. The van der Waals surface area contributed by atoms with Crippen molar-refractivity contribution in [2.24, 2.45) is 5.92 Å². The number of aryl methyl sites for hydroxylation is 1. The van der Waals surface area contributed by atoms with Gasteiger partial charge in [-0.3, -0.25) is 4.90 Å². The highest BCUT2D eigenvalue weighted by Crippen LogP contribution is 2.32. The lowest BCUT2D eigenvalue weighted by Crippen LogP contribution is -2.29. The van der Waals surface area contributed by atoms with Crippen LogP contribution in [0, 0.1) is 24.5 Å². The lowest BCUT2D eigenvalue weighted by atomic mass is 10.0. The van der Waals surface area contributed by atoms with Gasteiger partial charge in [0.15, 0.2) is 5.82 Å². The topological polar surface area (TPSA) is 83.8 Å². The molecule has 2 atom stereocenters. The summed E-state index contributed by atoms with van der Waals surface area (Å²) in [6.07, 6.45) is 5.98. The molecule has 6 rings (SSSR count). The van der Waals surface area contributed by atoms with Gasteiger partial charge in [0.2, 0.25) is 5.95 Å². The molecule has 0 aliphatic carbocycles. The smallest absolute Gasteiger partial charge is 0.228 e. The molecule has 8 nitrogen and oxygen atoms in total. The van der Waals surface area contributed by atoms with E-state index in [0.717, 1.165) is 43.9 Å². The van der Waals surface area contributed by atoms with Gasteiger partial charge in [-0.15, -0.1) is 0 Å². The molecular weight excluding hydrogens is 474 g/mol. The number of likely N-dealkylation sites (tertiary alicyclic amines) is 1. The average molecular weight is 505 g/mol. The van der Waals surface area contributed by atoms with Crippen LogP contribution in [0.4, 0.5) is 20.5 Å². The molecule has 2 N–H and O–H groups in total. The molecule has 1 aromatic carbocycles. The van der Waals surface area contributed by atoms with Gasteiger partial charge in [0.1, 0.15) is 23.0 Å². The molecule has 0 amide bonds. The zero-order chi connectivity index (χ0) is 25.7. The van der Waals surface area contributed by atoms with Crippen LogP contribution in [0.25, 0.3) is 22.2 Å². The molecule has 37 heavy (non-hydrogen) atoms. The number of nitrogens with one attached hydrogen (secondary N) is 2. The summed E-state index contributed by atoms with van der Waals surface area (Å²) >= 11 is 0. The molecule has 0 saturated carbocycles. The first-order chi connectivity index (χ1) is 17.9. The number of anilines is 2. The van der Waals surface area contributed by atoms with Gasteiger partial charge < -0.3 is 15.2 Å². The van der Waals surface area contributed by atoms with Crippen molar-refractivity contribution >= 4 is 22.8 Å². The van der Waals surface area contributed by atoms with E-state index in [1.165, 1.54) is 12.5 Å². The van der Waals surface area contributed by atoms with E-state index >= 15 is 0 Å². The monoisotopic (exact) mass is 504 g/mol. The standard InChI is InChI=1S/C27H30F2N8/c1-15(2)37-16(3)34-26-21(28)6-19(7-24(26)37)20-8-25(31-11-22(20)29)35-27-32-9-17(10-33-27)12-36-13-18-4-5-30-23(18)14-36/h6-11,15,18,23,30H,4-5,12-14H2,1-3H3,(H,31,32,33,35)/t18-,23+/m0/s1. The summed E-state index contributed by atoms with van der Waals surface area (Å²) in [5.74, 6) is 1.16. The van der Waals surface area contributed by atoms with Crippen molar-refractivity contribution in [3.05, 3.63) is 59.8 Å². The van der Waals surface area contributed by atoms with E-state index in [1.54, 1.807) is 24.5 Å². The lowest BCUT2D eigenvalue weighted by Gasteiger charge is -2.16. The van der Waals surface area contributed by atoms with Crippen molar-refractivity contribution < 1.29 is 8.78 Å². The zero-order valence-corrected chi connectivity index (χ0v) is 21.2. The second-order valence-corrected chi connectivity index (χ2v) is 10.3. The molecule has 2 aliphatic heterocycles. The number of hydrogen-bond acceptors (Lipinski definition) is 7. The van der Waals surface area contributed by atoms with Crippen molar-refractivity contribution in [3.8, 4) is 11.1 Å². The van der Waals surface area contributed by atoms with E-state index in [1.807, 2.05) is 25.3 Å². The van der Waals surface area contributed by atoms with E-state index in [0.29, 0.717) is 34.7 Å². The molecule has 2 aliphatic rings. The van der Waals surface area contributed by atoms with Crippen LogP contribution in [-0.2, 0) is 6.54 Å². The van der Waals surface area contributed by atoms with Gasteiger partial charge in [0.25, 0.3) is 0 Å². The number of imidazole rings is 1. The first-order valence-electron chi connectivity index (χ1n) is 12.7. The highest BCUT2D eigenvalue weighted by molar-refractivity contribution is 5.84. The predicted octanol–water partition coefficient (Wildman–Crippen LogP) is 4.59. The van der Waals surface area contributed by atoms with Crippen molar-refractivity contribution in [2.75, 3.05) is 25.0 Å². The third-order valence-electron chi connectivity index (χ3n) is 7.40. The Bertz CT molecular complexity index is 1440. The second kappa shape index (κ2) is 9.42. The van der Waals surface area contributed by atoms with Crippen LogP contribution in [-0.4, -0.2) is 55.1 Å². The summed E-state index contributed by atoms with van der Waals surface area (Å²) in [6, 6.07) is 5.32. The van der Waals surface area contributed by atoms with E-state index < -0.39 is 11.6 Å². The molecule has 192 valence electrons. The molecular formula is C27H30F2N8. The SMILES string of the molecule is Cc1nc2c(F)cc(-c3cc(Nc4ncc(CN5C[C@@H]6CCN[C@@H]6C5)cn4)ncc3F)cc2n1C(C)C. The van der Waals surface area contributed by atoms with Crippen LogP contribution in [0.3, 0.4) is 0 Å². The van der Waals surface area contributed by atoms with Crippen LogP contribution in [0.2, 0.25) is 0 Å². The van der Waals surface area contributed by atoms with Crippen LogP contribution < -0.4 is 10.6 Å². The lowest BCUT2D eigenvalue weighted by molar-refractivity contribution is 0.306. The number of halogens is 2. The molecule has 5 heterocycles. The van der Waals surface area contributed by atoms with E-state index in [2.05, 4.69) is 35.5 Å². The van der Waals surface area contributed by atoms with Crippen LogP contribution in [0.5, 0.6) is 0 Å². The molecule has 0 spiro atoms. The van der Waals surface area contributed by atoms with E-state index in [-0.39, 0.29) is 17.1 Å². The second-order valence-electron chi connectivity index (χ2n) is 10.3. The Hall–Kier alpha value is -3.50. The molecule has 2 saturated heterocycles. The Morgan fingerprint density at radius 3 is 2.62 bits per heavy atom. The quantitative estimate of drug-likeness (QED) is 0.397. The van der Waals surface area contributed by atoms with Gasteiger partial charge in [-0.25, -0.2) is 28.7 Å². The number of hydrogen-bond donors (Lipinski definition) is 2. The molecule has 10 heteroatoms. The minimum atomic E-state index is -0.544. The van der Waals surface area contributed by atoms with Crippen LogP contribution in [0.15, 0.2) is 36.8 Å². The van der Waals surface area contributed by atoms with Gasteiger partial charge in [-0.2, -0.15) is 0 Å².